The summed E-state index contributed by atoms with van der Waals surface area (Å²) in [6.07, 6.45) is 1.80. The van der Waals surface area contributed by atoms with Crippen LogP contribution in [-0.2, 0) is 4.79 Å². The molecule has 0 radical (unpaired) electrons. The molecule has 0 aromatic heterocycles. The monoisotopic (exact) mass is 235 g/mol. The van der Waals surface area contributed by atoms with Crippen LogP contribution < -0.4 is 5.32 Å². The summed E-state index contributed by atoms with van der Waals surface area (Å²) in [5.41, 5.74) is 3.23. The molecule has 0 fully saturated rings. The Balaban J connectivity index is 2.56. The second-order valence-corrected chi connectivity index (χ2v) is 4.63. The number of aryl methyl sites for hydroxylation is 1. The highest BCUT2D eigenvalue weighted by Crippen LogP contribution is 2.18. The van der Waals surface area contributed by atoms with Gasteiger partial charge in [0.05, 0.1) is 5.75 Å². The van der Waals surface area contributed by atoms with Crippen LogP contribution in [0.15, 0.2) is 30.9 Å². The molecule has 0 unspecified atom stereocenters. The predicted molar refractivity (Wildman–Crippen MR) is 72.1 cm³/mol. The van der Waals surface area contributed by atoms with Crippen molar-refractivity contribution < 1.29 is 4.79 Å². The predicted octanol–water partition coefficient (Wildman–Crippen LogP) is 3.16. The Bertz CT molecular complexity index is 388. The Morgan fingerprint density at radius 1 is 1.50 bits per heavy atom. The maximum Gasteiger partial charge on any atom is 0.234 e. The number of rotatable bonds is 5. The van der Waals surface area contributed by atoms with Gasteiger partial charge in [0.1, 0.15) is 0 Å². The van der Waals surface area contributed by atoms with Crippen molar-refractivity contribution in [3.8, 4) is 0 Å². The largest absolute Gasteiger partial charge is 0.325 e. The van der Waals surface area contributed by atoms with Crippen LogP contribution in [0, 0.1) is 13.8 Å². The van der Waals surface area contributed by atoms with Crippen LogP contribution in [0.3, 0.4) is 0 Å². The molecule has 1 aromatic carbocycles. The third-order valence-corrected chi connectivity index (χ3v) is 3.29. The number of nitrogens with one attached hydrogen (secondary N) is 1. The van der Waals surface area contributed by atoms with Crippen molar-refractivity contribution in [1.82, 2.24) is 0 Å². The quantitative estimate of drug-likeness (QED) is 0.627. The summed E-state index contributed by atoms with van der Waals surface area (Å²) in [6.45, 7) is 7.67. The van der Waals surface area contributed by atoms with Crippen molar-refractivity contribution >= 4 is 23.4 Å². The van der Waals surface area contributed by atoms with Crippen molar-refractivity contribution in [3.63, 3.8) is 0 Å². The van der Waals surface area contributed by atoms with Crippen LogP contribution >= 0.6 is 11.8 Å². The zero-order valence-electron chi connectivity index (χ0n) is 9.75. The molecule has 3 heteroatoms. The summed E-state index contributed by atoms with van der Waals surface area (Å²) in [7, 11) is 0. The van der Waals surface area contributed by atoms with Crippen LogP contribution in [0.1, 0.15) is 11.1 Å². The molecule has 1 N–H and O–H groups in total. The van der Waals surface area contributed by atoms with Crippen LogP contribution in [-0.4, -0.2) is 17.4 Å². The van der Waals surface area contributed by atoms with Crippen molar-refractivity contribution in [1.29, 1.82) is 0 Å². The lowest BCUT2D eigenvalue weighted by atomic mass is 10.1. The van der Waals surface area contributed by atoms with Gasteiger partial charge in [-0.15, -0.1) is 18.3 Å². The summed E-state index contributed by atoms with van der Waals surface area (Å²) in [6, 6.07) is 5.92. The second-order valence-electron chi connectivity index (χ2n) is 3.60. The van der Waals surface area contributed by atoms with Crippen molar-refractivity contribution in [2.45, 2.75) is 13.8 Å². The number of carbonyl (C=O) groups excluding carboxylic acids is 1. The van der Waals surface area contributed by atoms with Crippen molar-refractivity contribution in [2.24, 2.45) is 0 Å². The SMILES string of the molecule is C=CCSCC(=O)Nc1cccc(C)c1C. The van der Waals surface area contributed by atoms with E-state index in [1.165, 1.54) is 5.56 Å². The van der Waals surface area contributed by atoms with Crippen LogP contribution in [0.5, 0.6) is 0 Å². The Morgan fingerprint density at radius 3 is 2.94 bits per heavy atom. The number of thioether (sulfide) groups is 1. The molecule has 1 aromatic rings. The number of benzene rings is 1. The number of hydrogen-bond acceptors (Lipinski definition) is 2. The first-order valence-electron chi connectivity index (χ1n) is 5.20. The molecule has 0 bridgehead atoms. The fourth-order valence-corrected chi connectivity index (χ4v) is 1.85. The molecule has 0 saturated carbocycles. The molecule has 0 aliphatic carbocycles. The molecule has 2 nitrogen and oxygen atoms in total. The summed E-state index contributed by atoms with van der Waals surface area (Å²) < 4.78 is 0. The van der Waals surface area contributed by atoms with Gasteiger partial charge >= 0.3 is 0 Å². The molecular formula is C13H17NOS. The second kappa shape index (κ2) is 6.38. The van der Waals surface area contributed by atoms with E-state index >= 15 is 0 Å². The third kappa shape index (κ3) is 3.74. The summed E-state index contributed by atoms with van der Waals surface area (Å²) in [5.74, 6) is 1.32. The highest BCUT2D eigenvalue weighted by Gasteiger charge is 2.05. The van der Waals surface area contributed by atoms with Gasteiger partial charge in [-0.3, -0.25) is 4.79 Å². The van der Waals surface area contributed by atoms with Gasteiger partial charge in [0.25, 0.3) is 0 Å². The lowest BCUT2D eigenvalue weighted by molar-refractivity contribution is -0.113. The van der Waals surface area contributed by atoms with E-state index in [9.17, 15) is 4.79 Å². The lowest BCUT2D eigenvalue weighted by Crippen LogP contribution is -2.15. The minimum absolute atomic E-state index is 0.0422. The maximum atomic E-state index is 11.6. The van der Waals surface area contributed by atoms with Crippen LogP contribution in [0.4, 0.5) is 5.69 Å². The van der Waals surface area contributed by atoms with E-state index in [0.29, 0.717) is 5.75 Å². The molecule has 16 heavy (non-hydrogen) atoms. The van der Waals surface area contributed by atoms with E-state index in [-0.39, 0.29) is 5.91 Å². The topological polar surface area (TPSA) is 29.1 Å². The molecule has 0 spiro atoms. The van der Waals surface area contributed by atoms with Gasteiger partial charge in [-0.05, 0) is 31.0 Å². The highest BCUT2D eigenvalue weighted by molar-refractivity contribution is 8.00. The van der Waals surface area contributed by atoms with E-state index in [2.05, 4.69) is 11.9 Å². The van der Waals surface area contributed by atoms with Gasteiger partial charge in [-0.25, -0.2) is 0 Å². The fourth-order valence-electron chi connectivity index (χ4n) is 1.31. The van der Waals surface area contributed by atoms with Gasteiger partial charge in [0.2, 0.25) is 5.91 Å². The molecule has 0 saturated heterocycles. The van der Waals surface area contributed by atoms with E-state index < -0.39 is 0 Å². The Labute approximate surface area is 101 Å². The average molecular weight is 235 g/mol. The van der Waals surface area contributed by atoms with Gasteiger partial charge in [-0.1, -0.05) is 18.2 Å². The zero-order chi connectivity index (χ0) is 12.0. The first-order valence-corrected chi connectivity index (χ1v) is 6.35. The third-order valence-electron chi connectivity index (χ3n) is 2.35. The number of anilines is 1. The van der Waals surface area contributed by atoms with E-state index in [0.717, 1.165) is 17.0 Å². The van der Waals surface area contributed by atoms with E-state index in [1.54, 1.807) is 17.8 Å². The molecule has 1 amide bonds. The smallest absolute Gasteiger partial charge is 0.234 e. The van der Waals surface area contributed by atoms with Gasteiger partial charge in [0, 0.05) is 11.4 Å². The molecule has 0 aliphatic heterocycles. The summed E-state index contributed by atoms with van der Waals surface area (Å²) in [4.78, 5) is 11.6. The minimum Gasteiger partial charge on any atom is -0.325 e. The van der Waals surface area contributed by atoms with E-state index in [1.807, 2.05) is 32.0 Å². The summed E-state index contributed by atoms with van der Waals surface area (Å²) >= 11 is 1.56. The standard InChI is InChI=1S/C13H17NOS/c1-4-8-16-9-13(15)14-12-7-5-6-10(2)11(12)3/h4-7H,1,8-9H2,2-3H3,(H,14,15). The Morgan fingerprint density at radius 2 is 2.25 bits per heavy atom. The highest BCUT2D eigenvalue weighted by atomic mass is 32.2. The van der Waals surface area contributed by atoms with Crippen molar-refractivity contribution in [2.75, 3.05) is 16.8 Å². The Hall–Kier alpha value is -1.22. The number of amides is 1. The van der Waals surface area contributed by atoms with Crippen LogP contribution in [0.2, 0.25) is 0 Å². The molecule has 0 atom stereocenters. The van der Waals surface area contributed by atoms with E-state index in [4.69, 9.17) is 0 Å². The number of hydrogen-bond donors (Lipinski definition) is 1. The first kappa shape index (κ1) is 12.8. The van der Waals surface area contributed by atoms with Crippen LogP contribution in [0.25, 0.3) is 0 Å². The minimum atomic E-state index is 0.0422. The van der Waals surface area contributed by atoms with Gasteiger partial charge in [0.15, 0.2) is 0 Å². The zero-order valence-corrected chi connectivity index (χ0v) is 10.6. The normalized spacial score (nSPS) is 9.88. The molecule has 0 aliphatic rings. The lowest BCUT2D eigenvalue weighted by Gasteiger charge is -2.09. The molecule has 0 heterocycles. The summed E-state index contributed by atoms with van der Waals surface area (Å²) in [5, 5.41) is 2.92. The van der Waals surface area contributed by atoms with Crippen molar-refractivity contribution in [3.05, 3.63) is 42.0 Å². The van der Waals surface area contributed by atoms with Gasteiger partial charge < -0.3 is 5.32 Å². The molecule has 86 valence electrons. The number of carbonyl (C=O) groups is 1. The fraction of sp³-hybridized carbons (Fsp3) is 0.308. The molecular weight excluding hydrogens is 218 g/mol. The van der Waals surface area contributed by atoms with Gasteiger partial charge in [-0.2, -0.15) is 0 Å². The Kier molecular flexibility index (Phi) is 5.12. The molecule has 1 rings (SSSR count). The average Bonchev–Trinajstić information content (AvgIpc) is 2.25. The maximum absolute atomic E-state index is 11.6. The first-order chi connectivity index (χ1) is 7.65.